The molecule has 1 aromatic heterocycles. The SMILES string of the molecule is O=S(=O)(NCc1cc[nH]c1)c1ccc(Br)cc1F. The average molecular weight is 333 g/mol. The fourth-order valence-corrected chi connectivity index (χ4v) is 2.83. The first-order valence-corrected chi connectivity index (χ1v) is 7.33. The third kappa shape index (κ3) is 2.98. The molecule has 0 unspecified atom stereocenters. The molecular weight excluding hydrogens is 323 g/mol. The molecule has 18 heavy (non-hydrogen) atoms. The second-order valence-electron chi connectivity index (χ2n) is 3.62. The number of halogens is 2. The van der Waals surface area contributed by atoms with Crippen molar-refractivity contribution in [1.29, 1.82) is 0 Å². The van der Waals surface area contributed by atoms with Crippen LogP contribution < -0.4 is 4.72 Å². The van der Waals surface area contributed by atoms with Crippen molar-refractivity contribution >= 4 is 26.0 Å². The maximum absolute atomic E-state index is 13.6. The van der Waals surface area contributed by atoms with Crippen LogP contribution in [0.1, 0.15) is 5.56 Å². The first-order valence-electron chi connectivity index (χ1n) is 5.05. The van der Waals surface area contributed by atoms with Crippen molar-refractivity contribution < 1.29 is 12.8 Å². The van der Waals surface area contributed by atoms with Gasteiger partial charge in [-0.1, -0.05) is 15.9 Å². The number of aromatic amines is 1. The van der Waals surface area contributed by atoms with Gasteiger partial charge in [0.15, 0.2) is 0 Å². The Morgan fingerprint density at radius 1 is 1.33 bits per heavy atom. The maximum atomic E-state index is 13.6. The summed E-state index contributed by atoms with van der Waals surface area (Å²) in [5.41, 5.74) is 0.774. The van der Waals surface area contributed by atoms with E-state index in [9.17, 15) is 12.8 Å². The number of rotatable bonds is 4. The van der Waals surface area contributed by atoms with E-state index in [0.717, 1.165) is 11.6 Å². The van der Waals surface area contributed by atoms with E-state index in [1.165, 1.54) is 12.1 Å². The van der Waals surface area contributed by atoms with Crippen LogP contribution in [0.4, 0.5) is 4.39 Å². The zero-order valence-electron chi connectivity index (χ0n) is 9.15. The van der Waals surface area contributed by atoms with Crippen molar-refractivity contribution in [2.24, 2.45) is 0 Å². The minimum atomic E-state index is -3.84. The molecule has 4 nitrogen and oxygen atoms in total. The summed E-state index contributed by atoms with van der Waals surface area (Å²) in [7, 11) is -3.84. The molecule has 0 bridgehead atoms. The van der Waals surface area contributed by atoms with E-state index in [-0.39, 0.29) is 11.4 Å². The lowest BCUT2D eigenvalue weighted by Crippen LogP contribution is -2.24. The van der Waals surface area contributed by atoms with Crippen LogP contribution in [0.25, 0.3) is 0 Å². The summed E-state index contributed by atoms with van der Waals surface area (Å²) in [4.78, 5) is 2.45. The smallest absolute Gasteiger partial charge is 0.243 e. The number of aromatic nitrogens is 1. The number of nitrogens with one attached hydrogen (secondary N) is 2. The molecule has 1 heterocycles. The molecule has 1 aromatic carbocycles. The molecule has 0 aliphatic heterocycles. The predicted molar refractivity (Wildman–Crippen MR) is 68.9 cm³/mol. The van der Waals surface area contributed by atoms with Gasteiger partial charge in [0, 0.05) is 23.4 Å². The van der Waals surface area contributed by atoms with Gasteiger partial charge in [0.25, 0.3) is 0 Å². The molecular formula is C11H10BrFN2O2S. The van der Waals surface area contributed by atoms with Gasteiger partial charge in [-0.3, -0.25) is 0 Å². The van der Waals surface area contributed by atoms with Gasteiger partial charge < -0.3 is 4.98 Å². The van der Waals surface area contributed by atoms with E-state index >= 15 is 0 Å². The first kappa shape index (κ1) is 13.3. The van der Waals surface area contributed by atoms with Gasteiger partial charge in [-0.2, -0.15) is 0 Å². The van der Waals surface area contributed by atoms with Crippen molar-refractivity contribution in [3.63, 3.8) is 0 Å². The fraction of sp³-hybridized carbons (Fsp3) is 0.0909. The van der Waals surface area contributed by atoms with E-state index in [4.69, 9.17) is 0 Å². The Balaban J connectivity index is 2.20. The van der Waals surface area contributed by atoms with Gasteiger partial charge in [-0.15, -0.1) is 0 Å². The van der Waals surface area contributed by atoms with Crippen molar-refractivity contribution in [2.45, 2.75) is 11.4 Å². The highest BCUT2D eigenvalue weighted by Crippen LogP contribution is 2.19. The Bertz CT molecular complexity index is 641. The molecule has 0 radical (unpaired) electrons. The molecule has 96 valence electrons. The monoisotopic (exact) mass is 332 g/mol. The molecule has 0 atom stereocenters. The summed E-state index contributed by atoms with van der Waals surface area (Å²) < 4.78 is 40.1. The van der Waals surface area contributed by atoms with Gasteiger partial charge in [-0.25, -0.2) is 17.5 Å². The van der Waals surface area contributed by atoms with Crippen LogP contribution in [0, 0.1) is 5.82 Å². The third-order valence-electron chi connectivity index (χ3n) is 2.31. The van der Waals surface area contributed by atoms with Crippen LogP contribution in [-0.2, 0) is 16.6 Å². The highest BCUT2D eigenvalue weighted by atomic mass is 79.9. The number of hydrogen-bond acceptors (Lipinski definition) is 2. The largest absolute Gasteiger partial charge is 0.367 e. The van der Waals surface area contributed by atoms with Crippen molar-refractivity contribution in [3.8, 4) is 0 Å². The maximum Gasteiger partial charge on any atom is 0.243 e. The molecule has 0 aliphatic rings. The standard InChI is InChI=1S/C11H10BrFN2O2S/c12-9-1-2-11(10(13)5-9)18(16,17)15-7-8-3-4-14-6-8/h1-6,14-15H,7H2. The Morgan fingerprint density at radius 3 is 2.72 bits per heavy atom. The molecule has 0 fully saturated rings. The van der Waals surface area contributed by atoms with Crippen LogP contribution in [0.5, 0.6) is 0 Å². The Kier molecular flexibility index (Phi) is 3.84. The van der Waals surface area contributed by atoms with E-state index in [1.807, 2.05) is 0 Å². The lowest BCUT2D eigenvalue weighted by atomic mass is 10.3. The molecule has 0 aliphatic carbocycles. The van der Waals surface area contributed by atoms with Crippen LogP contribution in [0.3, 0.4) is 0 Å². The second kappa shape index (κ2) is 5.21. The lowest BCUT2D eigenvalue weighted by Gasteiger charge is -2.07. The third-order valence-corrected chi connectivity index (χ3v) is 4.24. The molecule has 0 amide bonds. The number of benzene rings is 1. The van der Waals surface area contributed by atoms with Crippen LogP contribution in [0.2, 0.25) is 0 Å². The topological polar surface area (TPSA) is 62.0 Å². The number of H-pyrrole nitrogens is 1. The first-order chi connectivity index (χ1) is 8.49. The average Bonchev–Trinajstić information content (AvgIpc) is 2.78. The molecule has 0 saturated carbocycles. The highest BCUT2D eigenvalue weighted by Gasteiger charge is 2.18. The van der Waals surface area contributed by atoms with Crippen molar-refractivity contribution in [1.82, 2.24) is 9.71 Å². The summed E-state index contributed by atoms with van der Waals surface area (Å²) in [5.74, 6) is -0.786. The lowest BCUT2D eigenvalue weighted by molar-refractivity contribution is 0.556. The minimum absolute atomic E-state index is 0.112. The second-order valence-corrected chi connectivity index (χ2v) is 6.27. The molecule has 7 heteroatoms. The Morgan fingerprint density at radius 2 is 2.11 bits per heavy atom. The van der Waals surface area contributed by atoms with E-state index in [0.29, 0.717) is 4.47 Å². The Hall–Kier alpha value is -1.18. The minimum Gasteiger partial charge on any atom is -0.367 e. The number of sulfonamides is 1. The van der Waals surface area contributed by atoms with Crippen molar-refractivity contribution in [2.75, 3.05) is 0 Å². The van der Waals surface area contributed by atoms with E-state index < -0.39 is 15.8 Å². The van der Waals surface area contributed by atoms with Gasteiger partial charge in [0.1, 0.15) is 10.7 Å². The molecule has 0 spiro atoms. The molecule has 0 saturated heterocycles. The summed E-state index contributed by atoms with van der Waals surface area (Å²) in [6, 6.07) is 5.55. The molecule has 2 N–H and O–H groups in total. The van der Waals surface area contributed by atoms with Crippen molar-refractivity contribution in [3.05, 3.63) is 52.5 Å². The number of hydrogen-bond donors (Lipinski definition) is 2. The summed E-state index contributed by atoms with van der Waals surface area (Å²) >= 11 is 3.07. The van der Waals surface area contributed by atoms with E-state index in [1.54, 1.807) is 18.5 Å². The van der Waals surface area contributed by atoms with Gasteiger partial charge in [0.2, 0.25) is 10.0 Å². The van der Waals surface area contributed by atoms with Crippen LogP contribution in [0.15, 0.2) is 46.0 Å². The molecule has 2 rings (SSSR count). The predicted octanol–water partition coefficient (Wildman–Crippen LogP) is 2.39. The fourth-order valence-electron chi connectivity index (χ4n) is 1.42. The Labute approximate surface area is 112 Å². The highest BCUT2D eigenvalue weighted by molar-refractivity contribution is 9.10. The summed E-state index contributed by atoms with van der Waals surface area (Å²) in [5, 5.41) is 0. The van der Waals surface area contributed by atoms with E-state index in [2.05, 4.69) is 25.6 Å². The van der Waals surface area contributed by atoms with Gasteiger partial charge in [-0.05, 0) is 29.8 Å². The normalized spacial score (nSPS) is 11.7. The van der Waals surface area contributed by atoms with Gasteiger partial charge >= 0.3 is 0 Å². The summed E-state index contributed by atoms with van der Waals surface area (Å²) in [6.45, 7) is 0.112. The zero-order chi connectivity index (χ0) is 13.2. The molecule has 2 aromatic rings. The van der Waals surface area contributed by atoms with Crippen LogP contribution in [-0.4, -0.2) is 13.4 Å². The summed E-state index contributed by atoms with van der Waals surface area (Å²) in [6.07, 6.45) is 3.35. The quantitative estimate of drug-likeness (QED) is 0.903. The van der Waals surface area contributed by atoms with Crippen LogP contribution >= 0.6 is 15.9 Å². The zero-order valence-corrected chi connectivity index (χ0v) is 11.6. The van der Waals surface area contributed by atoms with Gasteiger partial charge in [0.05, 0.1) is 0 Å².